The molecule has 0 saturated carbocycles. The molecule has 17 nitrogen and oxygen atoms in total. The highest BCUT2D eigenvalue weighted by Crippen LogP contribution is 2.31. The lowest BCUT2D eigenvalue weighted by Gasteiger charge is -2.33. The molecular formula is C36H58Br4O17. The largest absolute Gasteiger partial charge is 0.464 e. The lowest BCUT2D eigenvalue weighted by Crippen LogP contribution is -2.48. The molecule has 3 N–H and O–H groups in total. The van der Waals surface area contributed by atoms with Gasteiger partial charge in [0.25, 0.3) is 0 Å². The van der Waals surface area contributed by atoms with Gasteiger partial charge in [-0.25, -0.2) is 0 Å². The molecule has 0 amide bonds. The summed E-state index contributed by atoms with van der Waals surface area (Å²) in [5, 5.41) is 29.0. The summed E-state index contributed by atoms with van der Waals surface area (Å²) >= 11 is 12.9. The molecule has 0 fully saturated rings. The van der Waals surface area contributed by atoms with E-state index in [9.17, 15) is 39.0 Å². The standard InChI is InChI=1S/C36H58Br4O17/c1-30(2,37)23(43)52-16-35(10,17-53-24(44)31(3,4)38)28(48)56-20-34(9,27(47)51-13-12-50-15-22(42)14-41)21-57-29(49)36(11,18-54-25(45)32(5,6)39)19-55-26(46)33(7,8)40/h22-23,41-43H,12-21H2,1-11H3. The third-order valence-corrected chi connectivity index (χ3v) is 9.04. The number of aliphatic hydroxyl groups is 3. The van der Waals surface area contributed by atoms with E-state index in [0.717, 1.165) is 0 Å². The fraction of sp³-hybridized carbons (Fsp3) is 0.833. The maximum atomic E-state index is 13.8. The quantitative estimate of drug-likeness (QED) is 0.0369. The minimum absolute atomic E-state index is 0.210. The number of hydrogen-bond donors (Lipinski definition) is 3. The van der Waals surface area contributed by atoms with Gasteiger partial charge in [0.1, 0.15) is 75.0 Å². The number of rotatable bonds is 26. The van der Waals surface area contributed by atoms with Crippen LogP contribution in [0.15, 0.2) is 0 Å². The van der Waals surface area contributed by atoms with Gasteiger partial charge < -0.3 is 53.2 Å². The third-order valence-electron chi connectivity index (χ3n) is 7.67. The monoisotopic (exact) mass is 1080 g/mol. The number of ether oxygens (including phenoxy) is 8. The van der Waals surface area contributed by atoms with Crippen molar-refractivity contribution in [3.63, 3.8) is 0 Å². The van der Waals surface area contributed by atoms with E-state index >= 15 is 0 Å². The second kappa shape index (κ2) is 22.9. The highest BCUT2D eigenvalue weighted by atomic mass is 79.9. The number of carbonyl (C=O) groups is 6. The van der Waals surface area contributed by atoms with Crippen LogP contribution in [0.2, 0.25) is 0 Å². The molecule has 4 unspecified atom stereocenters. The summed E-state index contributed by atoms with van der Waals surface area (Å²) in [6.45, 7) is 11.0. The van der Waals surface area contributed by atoms with Crippen LogP contribution in [0.5, 0.6) is 0 Å². The molecule has 0 aromatic heterocycles. The average molecular weight is 1080 g/mol. The molecule has 21 heteroatoms. The van der Waals surface area contributed by atoms with E-state index in [-0.39, 0.29) is 19.8 Å². The van der Waals surface area contributed by atoms with E-state index in [4.69, 9.17) is 43.0 Å². The fourth-order valence-corrected chi connectivity index (χ4v) is 4.04. The smallest absolute Gasteiger partial charge is 0.322 e. The number of aliphatic hydroxyl groups excluding tert-OH is 3. The van der Waals surface area contributed by atoms with Gasteiger partial charge >= 0.3 is 35.8 Å². The van der Waals surface area contributed by atoms with Crippen molar-refractivity contribution in [1.82, 2.24) is 0 Å². The first-order chi connectivity index (χ1) is 25.6. The Kier molecular flexibility index (Phi) is 22.4. The van der Waals surface area contributed by atoms with E-state index in [1.807, 2.05) is 0 Å². The zero-order valence-corrected chi connectivity index (χ0v) is 40.6. The minimum Gasteiger partial charge on any atom is -0.464 e. The van der Waals surface area contributed by atoms with Crippen molar-refractivity contribution in [3.8, 4) is 0 Å². The first-order valence-electron chi connectivity index (χ1n) is 17.6. The Bertz CT molecular complexity index is 1340. The Labute approximate surface area is 367 Å². The number of alkyl halides is 4. The van der Waals surface area contributed by atoms with Crippen molar-refractivity contribution in [2.24, 2.45) is 16.2 Å². The van der Waals surface area contributed by atoms with Gasteiger partial charge in [0, 0.05) is 0 Å². The summed E-state index contributed by atoms with van der Waals surface area (Å²) in [6, 6.07) is 0. The lowest BCUT2D eigenvalue weighted by atomic mass is 9.90. The van der Waals surface area contributed by atoms with Gasteiger partial charge in [0.15, 0.2) is 6.29 Å². The molecule has 0 bridgehead atoms. The normalized spacial score (nSPS) is 15.9. The van der Waals surface area contributed by atoms with Gasteiger partial charge in [-0.3, -0.25) is 28.8 Å². The Hall–Kier alpha value is -1.46. The first-order valence-corrected chi connectivity index (χ1v) is 20.8. The van der Waals surface area contributed by atoms with E-state index < -0.39 is 128 Å². The lowest BCUT2D eigenvalue weighted by molar-refractivity contribution is -0.187. The van der Waals surface area contributed by atoms with Gasteiger partial charge in [-0.05, 0) is 76.2 Å². The number of esters is 6. The van der Waals surface area contributed by atoms with Crippen LogP contribution < -0.4 is 0 Å². The second-order valence-corrected chi connectivity index (χ2v) is 24.2. The molecule has 0 saturated heterocycles. The van der Waals surface area contributed by atoms with Crippen LogP contribution in [0, 0.1) is 16.2 Å². The van der Waals surface area contributed by atoms with Crippen LogP contribution in [-0.4, -0.2) is 147 Å². The fourth-order valence-electron chi connectivity index (χ4n) is 3.57. The first kappa shape index (κ1) is 55.5. The van der Waals surface area contributed by atoms with Crippen LogP contribution in [-0.2, 0) is 66.7 Å². The van der Waals surface area contributed by atoms with E-state index in [2.05, 4.69) is 63.7 Å². The highest BCUT2D eigenvalue weighted by molar-refractivity contribution is 9.10. The topological polar surface area (TPSA) is 237 Å². The number of hydrogen-bond acceptors (Lipinski definition) is 17. The summed E-state index contributed by atoms with van der Waals surface area (Å²) < 4.78 is 39.0. The Morgan fingerprint density at radius 1 is 0.474 bits per heavy atom. The molecular weight excluding hydrogens is 1020 g/mol. The van der Waals surface area contributed by atoms with E-state index in [0.29, 0.717) is 0 Å². The zero-order chi connectivity index (χ0) is 44.8. The molecule has 0 spiro atoms. The van der Waals surface area contributed by atoms with Gasteiger partial charge in [-0.2, -0.15) is 0 Å². The SMILES string of the molecule is CC(C)(Br)C(=O)OCC(C)(COC(=O)C(C)(C)Br)C(=O)OCC(C)(COC(=O)C(C)(COC(=O)C(C)(C)Br)COC(O)C(C)(C)Br)C(=O)OCCOCC(O)CO. The Morgan fingerprint density at radius 3 is 1.07 bits per heavy atom. The van der Waals surface area contributed by atoms with Crippen molar-refractivity contribution in [2.75, 3.05) is 66.1 Å². The summed E-state index contributed by atoms with van der Waals surface area (Å²) in [5.74, 6) is -5.34. The summed E-state index contributed by atoms with van der Waals surface area (Å²) in [4.78, 5) is 79.0. The molecule has 332 valence electrons. The van der Waals surface area contributed by atoms with Crippen molar-refractivity contribution >= 4 is 99.5 Å². The van der Waals surface area contributed by atoms with Crippen LogP contribution >= 0.6 is 63.7 Å². The summed E-state index contributed by atoms with van der Waals surface area (Å²) in [7, 11) is 0. The molecule has 4 atom stereocenters. The van der Waals surface area contributed by atoms with E-state index in [1.165, 1.54) is 62.3 Å². The van der Waals surface area contributed by atoms with Crippen LogP contribution in [0.3, 0.4) is 0 Å². The zero-order valence-electron chi connectivity index (χ0n) is 34.3. The highest BCUT2D eigenvalue weighted by Gasteiger charge is 2.46. The molecule has 0 aliphatic carbocycles. The minimum atomic E-state index is -1.94. The Morgan fingerprint density at radius 2 is 0.772 bits per heavy atom. The van der Waals surface area contributed by atoms with Gasteiger partial charge in [-0.15, -0.1) is 0 Å². The molecule has 0 radical (unpaired) electrons. The molecule has 0 aromatic carbocycles. The van der Waals surface area contributed by atoms with Gasteiger partial charge in [0.2, 0.25) is 0 Å². The molecule has 0 heterocycles. The van der Waals surface area contributed by atoms with Crippen molar-refractivity contribution in [3.05, 3.63) is 0 Å². The molecule has 57 heavy (non-hydrogen) atoms. The predicted molar refractivity (Wildman–Crippen MR) is 218 cm³/mol. The average Bonchev–Trinajstić information content (AvgIpc) is 3.09. The molecule has 0 aromatic rings. The van der Waals surface area contributed by atoms with Crippen LogP contribution in [0.1, 0.15) is 76.2 Å². The van der Waals surface area contributed by atoms with Crippen LogP contribution in [0.25, 0.3) is 0 Å². The third kappa shape index (κ3) is 20.1. The predicted octanol–water partition coefficient (Wildman–Crippen LogP) is 3.66. The maximum Gasteiger partial charge on any atom is 0.322 e. The van der Waals surface area contributed by atoms with Crippen LogP contribution in [0.4, 0.5) is 0 Å². The second-order valence-electron chi connectivity index (χ2n) is 16.3. The van der Waals surface area contributed by atoms with Crippen molar-refractivity contribution in [2.45, 2.75) is 106 Å². The van der Waals surface area contributed by atoms with Crippen molar-refractivity contribution < 1.29 is 82.0 Å². The summed E-state index contributed by atoms with van der Waals surface area (Å²) in [6.07, 6.45) is -2.60. The molecule has 0 aliphatic rings. The molecule has 0 aliphatic heterocycles. The van der Waals surface area contributed by atoms with Gasteiger partial charge in [0.05, 0.1) is 30.8 Å². The number of carbonyl (C=O) groups excluding carboxylic acids is 6. The summed E-state index contributed by atoms with van der Waals surface area (Å²) in [5.41, 5.74) is -5.50. The maximum absolute atomic E-state index is 13.8. The number of halogens is 4. The Balaban J connectivity index is 6.56. The van der Waals surface area contributed by atoms with E-state index in [1.54, 1.807) is 13.8 Å². The molecule has 0 rings (SSSR count). The van der Waals surface area contributed by atoms with Crippen molar-refractivity contribution in [1.29, 1.82) is 0 Å². The van der Waals surface area contributed by atoms with Gasteiger partial charge in [-0.1, -0.05) is 63.7 Å².